The Kier molecular flexibility index (Phi) is 7.03. The summed E-state index contributed by atoms with van der Waals surface area (Å²) in [4.78, 5) is 23.7. The van der Waals surface area contributed by atoms with Gasteiger partial charge in [-0.25, -0.2) is 9.59 Å². The fraction of sp³-hybridized carbons (Fsp3) is 0.538. The standard InChI is InChI=1S/C13H20N2O4S/c1-3-5-9(8-19-2)14-13(18)15-11(12(16)17)10-6-4-7-20-10/h4,6-7,9,11H,3,5,8H2,1-2H3,(H,16,17)(H2,14,15,18). The van der Waals surface area contributed by atoms with Gasteiger partial charge >= 0.3 is 12.0 Å². The lowest BCUT2D eigenvalue weighted by Gasteiger charge is -2.19. The van der Waals surface area contributed by atoms with Crippen molar-refractivity contribution in [3.8, 4) is 0 Å². The lowest BCUT2D eigenvalue weighted by Crippen LogP contribution is -2.46. The van der Waals surface area contributed by atoms with Gasteiger partial charge in [0, 0.05) is 12.0 Å². The van der Waals surface area contributed by atoms with Crippen LogP contribution in [-0.4, -0.2) is 36.9 Å². The van der Waals surface area contributed by atoms with E-state index in [1.807, 2.05) is 6.92 Å². The van der Waals surface area contributed by atoms with Crippen LogP contribution >= 0.6 is 11.3 Å². The first-order chi connectivity index (χ1) is 9.58. The number of hydrogen-bond donors (Lipinski definition) is 3. The third-order valence-electron chi connectivity index (χ3n) is 2.69. The molecule has 6 nitrogen and oxygen atoms in total. The van der Waals surface area contributed by atoms with Gasteiger partial charge in [0.1, 0.15) is 0 Å². The molecule has 0 fully saturated rings. The third kappa shape index (κ3) is 5.18. The predicted molar refractivity (Wildman–Crippen MR) is 76.9 cm³/mol. The molecule has 0 aliphatic carbocycles. The molecule has 3 N–H and O–H groups in total. The Bertz CT molecular complexity index is 416. The molecule has 0 radical (unpaired) electrons. The second kappa shape index (κ2) is 8.55. The van der Waals surface area contributed by atoms with Gasteiger partial charge in [-0.3, -0.25) is 0 Å². The van der Waals surface area contributed by atoms with E-state index in [1.165, 1.54) is 11.3 Å². The Morgan fingerprint density at radius 3 is 2.70 bits per heavy atom. The third-order valence-corrected chi connectivity index (χ3v) is 3.63. The highest BCUT2D eigenvalue weighted by Crippen LogP contribution is 2.19. The van der Waals surface area contributed by atoms with E-state index in [0.29, 0.717) is 11.5 Å². The van der Waals surface area contributed by atoms with Gasteiger partial charge in [-0.2, -0.15) is 0 Å². The van der Waals surface area contributed by atoms with Crippen LogP contribution in [0.1, 0.15) is 30.7 Å². The monoisotopic (exact) mass is 300 g/mol. The van der Waals surface area contributed by atoms with Crippen LogP contribution in [0, 0.1) is 0 Å². The van der Waals surface area contributed by atoms with Crippen LogP contribution in [0.5, 0.6) is 0 Å². The molecule has 0 saturated heterocycles. The van der Waals surface area contributed by atoms with Gasteiger partial charge in [0.2, 0.25) is 0 Å². The quantitative estimate of drug-likeness (QED) is 0.685. The van der Waals surface area contributed by atoms with Gasteiger partial charge in [0.25, 0.3) is 0 Å². The van der Waals surface area contributed by atoms with Crippen molar-refractivity contribution in [2.24, 2.45) is 0 Å². The second-order valence-electron chi connectivity index (χ2n) is 4.35. The number of carbonyl (C=O) groups is 2. The van der Waals surface area contributed by atoms with Crippen LogP contribution < -0.4 is 10.6 Å². The van der Waals surface area contributed by atoms with Crippen molar-refractivity contribution in [3.05, 3.63) is 22.4 Å². The molecule has 1 rings (SSSR count). The first kappa shape index (κ1) is 16.5. The van der Waals surface area contributed by atoms with E-state index in [2.05, 4.69) is 10.6 Å². The summed E-state index contributed by atoms with van der Waals surface area (Å²) < 4.78 is 5.03. The Labute approximate surface area is 122 Å². The molecule has 2 amide bonds. The number of rotatable bonds is 8. The topological polar surface area (TPSA) is 87.7 Å². The van der Waals surface area contributed by atoms with E-state index in [-0.39, 0.29) is 6.04 Å². The summed E-state index contributed by atoms with van der Waals surface area (Å²) >= 11 is 1.29. The zero-order valence-electron chi connectivity index (χ0n) is 11.6. The van der Waals surface area contributed by atoms with Gasteiger partial charge in [0.15, 0.2) is 6.04 Å². The molecule has 0 bridgehead atoms. The number of aliphatic carboxylic acids is 1. The Morgan fingerprint density at radius 1 is 1.45 bits per heavy atom. The molecule has 0 spiro atoms. The highest BCUT2D eigenvalue weighted by atomic mass is 32.1. The molecule has 20 heavy (non-hydrogen) atoms. The molecule has 7 heteroatoms. The van der Waals surface area contributed by atoms with Crippen LogP contribution in [0.25, 0.3) is 0 Å². The highest BCUT2D eigenvalue weighted by Gasteiger charge is 2.23. The average molecular weight is 300 g/mol. The number of carbonyl (C=O) groups excluding carboxylic acids is 1. The molecule has 2 unspecified atom stereocenters. The number of thiophene rings is 1. The van der Waals surface area contributed by atoms with Crippen LogP contribution in [0.2, 0.25) is 0 Å². The Hall–Kier alpha value is -1.60. The maximum Gasteiger partial charge on any atom is 0.331 e. The fourth-order valence-corrected chi connectivity index (χ4v) is 2.58. The molecular formula is C13H20N2O4S. The van der Waals surface area contributed by atoms with Crippen molar-refractivity contribution in [1.82, 2.24) is 10.6 Å². The summed E-state index contributed by atoms with van der Waals surface area (Å²) in [5, 5.41) is 16.2. The minimum absolute atomic E-state index is 0.122. The normalized spacial score (nSPS) is 13.5. The van der Waals surface area contributed by atoms with Crippen molar-refractivity contribution < 1.29 is 19.4 Å². The van der Waals surface area contributed by atoms with Gasteiger partial charge < -0.3 is 20.5 Å². The molecule has 2 atom stereocenters. The van der Waals surface area contributed by atoms with Crippen molar-refractivity contribution >= 4 is 23.3 Å². The zero-order valence-corrected chi connectivity index (χ0v) is 12.4. The van der Waals surface area contributed by atoms with Gasteiger partial charge in [-0.1, -0.05) is 19.4 Å². The van der Waals surface area contributed by atoms with E-state index >= 15 is 0 Å². The average Bonchev–Trinajstić information content (AvgIpc) is 2.89. The minimum atomic E-state index is -1.08. The van der Waals surface area contributed by atoms with E-state index in [1.54, 1.807) is 24.6 Å². The molecule has 0 saturated carbocycles. The van der Waals surface area contributed by atoms with Crippen molar-refractivity contribution in [3.63, 3.8) is 0 Å². The van der Waals surface area contributed by atoms with Crippen molar-refractivity contribution in [2.45, 2.75) is 31.8 Å². The number of amides is 2. The summed E-state index contributed by atoms with van der Waals surface area (Å²) in [7, 11) is 1.56. The molecule has 0 aliphatic heterocycles. The highest BCUT2D eigenvalue weighted by molar-refractivity contribution is 7.10. The largest absolute Gasteiger partial charge is 0.479 e. The van der Waals surface area contributed by atoms with Crippen LogP contribution in [0.15, 0.2) is 17.5 Å². The maximum atomic E-state index is 11.9. The Morgan fingerprint density at radius 2 is 2.20 bits per heavy atom. The van der Waals surface area contributed by atoms with Gasteiger partial charge in [-0.15, -0.1) is 11.3 Å². The number of nitrogens with one attached hydrogen (secondary N) is 2. The molecule has 1 aromatic heterocycles. The Balaban J connectivity index is 2.60. The lowest BCUT2D eigenvalue weighted by atomic mass is 10.2. The second-order valence-corrected chi connectivity index (χ2v) is 5.32. The maximum absolute atomic E-state index is 11.9. The molecule has 1 heterocycles. The first-order valence-electron chi connectivity index (χ1n) is 6.40. The molecule has 112 valence electrons. The van der Waals surface area contributed by atoms with Crippen molar-refractivity contribution in [2.75, 3.05) is 13.7 Å². The van der Waals surface area contributed by atoms with E-state index in [4.69, 9.17) is 4.74 Å². The lowest BCUT2D eigenvalue weighted by molar-refractivity contribution is -0.139. The minimum Gasteiger partial charge on any atom is -0.479 e. The number of ether oxygens (including phenoxy) is 1. The molecular weight excluding hydrogens is 280 g/mol. The summed E-state index contributed by atoms with van der Waals surface area (Å²) in [5.41, 5.74) is 0. The van der Waals surface area contributed by atoms with E-state index in [9.17, 15) is 14.7 Å². The number of urea groups is 1. The molecule has 1 aromatic rings. The van der Waals surface area contributed by atoms with Crippen LogP contribution in [-0.2, 0) is 9.53 Å². The van der Waals surface area contributed by atoms with Crippen molar-refractivity contribution in [1.29, 1.82) is 0 Å². The summed E-state index contributed by atoms with van der Waals surface area (Å²) in [5.74, 6) is -1.08. The molecule has 0 aromatic carbocycles. The predicted octanol–water partition coefficient (Wildman–Crippen LogP) is 1.99. The molecule has 0 aliphatic rings. The number of carboxylic acid groups (broad SMARTS) is 1. The number of methoxy groups -OCH3 is 1. The van der Waals surface area contributed by atoms with E-state index in [0.717, 1.165) is 12.8 Å². The summed E-state index contributed by atoms with van der Waals surface area (Å²) in [6.07, 6.45) is 1.68. The summed E-state index contributed by atoms with van der Waals surface area (Å²) in [6.45, 7) is 2.41. The number of hydrogen-bond acceptors (Lipinski definition) is 4. The van der Waals surface area contributed by atoms with Gasteiger partial charge in [0.05, 0.1) is 12.6 Å². The first-order valence-corrected chi connectivity index (χ1v) is 7.28. The van der Waals surface area contributed by atoms with Gasteiger partial charge in [-0.05, 0) is 17.9 Å². The number of carboxylic acids is 1. The van der Waals surface area contributed by atoms with E-state index < -0.39 is 18.0 Å². The van der Waals surface area contributed by atoms with Crippen LogP contribution in [0.3, 0.4) is 0 Å². The summed E-state index contributed by atoms with van der Waals surface area (Å²) in [6, 6.07) is 1.78. The zero-order chi connectivity index (χ0) is 15.0. The van der Waals surface area contributed by atoms with Crippen LogP contribution in [0.4, 0.5) is 4.79 Å². The smallest absolute Gasteiger partial charge is 0.331 e. The fourth-order valence-electron chi connectivity index (χ4n) is 1.82. The SMILES string of the molecule is CCCC(COC)NC(=O)NC(C(=O)O)c1cccs1.